The number of carbonyl (C=O) groups is 1. The Morgan fingerprint density at radius 3 is 2.79 bits per heavy atom. The molecule has 2 aromatic carbocycles. The molecule has 6 heteroatoms. The fraction of sp³-hybridized carbons (Fsp3) is 0.222. The van der Waals surface area contributed by atoms with Gasteiger partial charge in [0.1, 0.15) is 12.1 Å². The third-order valence-corrected chi connectivity index (χ3v) is 3.64. The Bertz CT molecular complexity index is 870. The Labute approximate surface area is 140 Å². The van der Waals surface area contributed by atoms with E-state index in [1.807, 2.05) is 66.0 Å². The SMILES string of the molecule is COc1ccccc1-n1cnc2cc(NC(=O)CN(C)C)ccc21. The van der Waals surface area contributed by atoms with Crippen LogP contribution in [0.4, 0.5) is 5.69 Å². The number of anilines is 1. The van der Waals surface area contributed by atoms with Gasteiger partial charge in [0.15, 0.2) is 0 Å². The number of benzene rings is 2. The summed E-state index contributed by atoms with van der Waals surface area (Å²) < 4.78 is 7.39. The summed E-state index contributed by atoms with van der Waals surface area (Å²) in [6.45, 7) is 0.341. The van der Waals surface area contributed by atoms with Crippen LogP contribution in [0.1, 0.15) is 0 Å². The third kappa shape index (κ3) is 3.23. The summed E-state index contributed by atoms with van der Waals surface area (Å²) in [5, 5.41) is 2.88. The number of nitrogens with zero attached hydrogens (tertiary/aromatic N) is 3. The van der Waals surface area contributed by atoms with Gasteiger partial charge in [-0.1, -0.05) is 12.1 Å². The smallest absolute Gasteiger partial charge is 0.238 e. The van der Waals surface area contributed by atoms with Gasteiger partial charge in [0.05, 0.1) is 30.4 Å². The first-order chi connectivity index (χ1) is 11.6. The Hall–Kier alpha value is -2.86. The number of hydrogen-bond donors (Lipinski definition) is 1. The standard InChI is InChI=1S/C18H20N4O2/c1-21(2)11-18(23)20-13-8-9-15-14(10-13)19-12-22(15)16-6-4-5-7-17(16)24-3/h4-10,12H,11H2,1-3H3,(H,20,23). The molecule has 0 aliphatic carbocycles. The lowest BCUT2D eigenvalue weighted by atomic mass is 10.2. The fourth-order valence-corrected chi connectivity index (χ4v) is 2.60. The second-order valence-electron chi connectivity index (χ2n) is 5.78. The van der Waals surface area contributed by atoms with Crippen molar-refractivity contribution in [1.82, 2.24) is 14.5 Å². The summed E-state index contributed by atoms with van der Waals surface area (Å²) in [7, 11) is 5.37. The lowest BCUT2D eigenvalue weighted by Gasteiger charge is -2.11. The van der Waals surface area contributed by atoms with Gasteiger partial charge in [-0.15, -0.1) is 0 Å². The quantitative estimate of drug-likeness (QED) is 0.783. The number of imidazole rings is 1. The molecule has 3 aromatic rings. The topological polar surface area (TPSA) is 59.4 Å². The lowest BCUT2D eigenvalue weighted by Crippen LogP contribution is -2.27. The van der Waals surface area contributed by atoms with Crippen molar-refractivity contribution in [3.63, 3.8) is 0 Å². The molecule has 124 valence electrons. The fourth-order valence-electron chi connectivity index (χ4n) is 2.60. The predicted octanol–water partition coefficient (Wildman–Crippen LogP) is 2.53. The molecule has 0 aliphatic heterocycles. The van der Waals surface area contributed by atoms with Crippen molar-refractivity contribution in [2.45, 2.75) is 0 Å². The Morgan fingerprint density at radius 1 is 1.25 bits per heavy atom. The zero-order chi connectivity index (χ0) is 17.1. The highest BCUT2D eigenvalue weighted by Gasteiger charge is 2.10. The number of ether oxygens (including phenoxy) is 1. The number of methoxy groups -OCH3 is 1. The van der Waals surface area contributed by atoms with Crippen LogP contribution in [-0.2, 0) is 4.79 Å². The molecule has 1 amide bonds. The zero-order valence-electron chi connectivity index (χ0n) is 14.0. The molecule has 0 saturated carbocycles. The van der Waals surface area contributed by atoms with Gasteiger partial charge >= 0.3 is 0 Å². The van der Waals surface area contributed by atoms with Gasteiger partial charge in [0.25, 0.3) is 0 Å². The Balaban J connectivity index is 1.93. The van der Waals surface area contributed by atoms with Crippen LogP contribution in [0.25, 0.3) is 16.7 Å². The van der Waals surface area contributed by atoms with Crippen molar-refractivity contribution >= 4 is 22.6 Å². The molecule has 24 heavy (non-hydrogen) atoms. The highest BCUT2D eigenvalue weighted by atomic mass is 16.5. The number of fused-ring (bicyclic) bond motifs is 1. The summed E-state index contributed by atoms with van der Waals surface area (Å²) in [6.07, 6.45) is 1.76. The highest BCUT2D eigenvalue weighted by Crippen LogP contribution is 2.27. The van der Waals surface area contributed by atoms with Gasteiger partial charge in [-0.05, 0) is 44.4 Å². The van der Waals surface area contributed by atoms with Crippen LogP contribution in [0.3, 0.4) is 0 Å². The maximum absolute atomic E-state index is 11.9. The predicted molar refractivity (Wildman–Crippen MR) is 94.8 cm³/mol. The van der Waals surface area contributed by atoms with E-state index >= 15 is 0 Å². The van der Waals surface area contributed by atoms with E-state index in [0.29, 0.717) is 6.54 Å². The number of carbonyl (C=O) groups excluding carboxylic acids is 1. The average Bonchev–Trinajstić information content (AvgIpc) is 2.97. The monoisotopic (exact) mass is 324 g/mol. The van der Waals surface area contributed by atoms with E-state index in [0.717, 1.165) is 28.2 Å². The lowest BCUT2D eigenvalue weighted by molar-refractivity contribution is -0.116. The summed E-state index contributed by atoms with van der Waals surface area (Å²) in [6, 6.07) is 13.5. The molecule has 0 radical (unpaired) electrons. The molecule has 1 N–H and O–H groups in total. The number of para-hydroxylation sites is 2. The van der Waals surface area contributed by atoms with E-state index in [1.165, 1.54) is 0 Å². The van der Waals surface area contributed by atoms with Gasteiger partial charge in [-0.3, -0.25) is 9.36 Å². The summed E-state index contributed by atoms with van der Waals surface area (Å²) >= 11 is 0. The summed E-state index contributed by atoms with van der Waals surface area (Å²) in [5.41, 5.74) is 3.42. The molecule has 0 aliphatic rings. The second kappa shape index (κ2) is 6.72. The molecule has 0 spiro atoms. The molecule has 1 aromatic heterocycles. The van der Waals surface area contributed by atoms with Crippen molar-refractivity contribution in [2.75, 3.05) is 33.1 Å². The van der Waals surface area contributed by atoms with E-state index in [4.69, 9.17) is 4.74 Å². The third-order valence-electron chi connectivity index (χ3n) is 3.64. The number of nitrogens with one attached hydrogen (secondary N) is 1. The molecular weight excluding hydrogens is 304 g/mol. The first kappa shape index (κ1) is 16.0. The number of hydrogen-bond acceptors (Lipinski definition) is 4. The molecule has 6 nitrogen and oxygen atoms in total. The van der Waals surface area contributed by atoms with Crippen molar-refractivity contribution in [3.8, 4) is 11.4 Å². The maximum Gasteiger partial charge on any atom is 0.238 e. The van der Waals surface area contributed by atoms with Gasteiger partial charge in [-0.25, -0.2) is 4.98 Å². The van der Waals surface area contributed by atoms with Crippen LogP contribution in [0, 0.1) is 0 Å². The molecule has 0 bridgehead atoms. The number of amides is 1. The van der Waals surface area contributed by atoms with Crippen LogP contribution >= 0.6 is 0 Å². The average molecular weight is 324 g/mol. The maximum atomic E-state index is 11.9. The summed E-state index contributed by atoms with van der Waals surface area (Å²) in [4.78, 5) is 18.1. The largest absolute Gasteiger partial charge is 0.495 e. The van der Waals surface area contributed by atoms with Crippen molar-refractivity contribution in [2.24, 2.45) is 0 Å². The van der Waals surface area contributed by atoms with Crippen LogP contribution in [0.5, 0.6) is 5.75 Å². The van der Waals surface area contributed by atoms with Crippen LogP contribution < -0.4 is 10.1 Å². The first-order valence-corrected chi connectivity index (χ1v) is 7.63. The highest BCUT2D eigenvalue weighted by molar-refractivity contribution is 5.94. The molecule has 0 saturated heterocycles. The minimum Gasteiger partial charge on any atom is -0.495 e. The Morgan fingerprint density at radius 2 is 2.04 bits per heavy atom. The van der Waals surface area contributed by atoms with E-state index in [2.05, 4.69) is 10.3 Å². The first-order valence-electron chi connectivity index (χ1n) is 7.63. The molecule has 0 fully saturated rings. The van der Waals surface area contributed by atoms with Crippen molar-refractivity contribution < 1.29 is 9.53 Å². The summed E-state index contributed by atoms with van der Waals surface area (Å²) in [5.74, 6) is 0.726. The van der Waals surface area contributed by atoms with Crippen LogP contribution in [0.15, 0.2) is 48.8 Å². The molecule has 1 heterocycles. The minimum absolute atomic E-state index is 0.0523. The molecule has 3 rings (SSSR count). The van der Waals surface area contributed by atoms with Gasteiger partial charge in [-0.2, -0.15) is 0 Å². The van der Waals surface area contributed by atoms with Crippen molar-refractivity contribution in [1.29, 1.82) is 0 Å². The zero-order valence-corrected chi connectivity index (χ0v) is 14.0. The Kier molecular flexibility index (Phi) is 4.48. The number of likely N-dealkylation sites (N-methyl/N-ethyl adjacent to an activating group) is 1. The van der Waals surface area contributed by atoms with Crippen LogP contribution in [0.2, 0.25) is 0 Å². The number of aromatic nitrogens is 2. The molecule has 0 atom stereocenters. The van der Waals surface area contributed by atoms with Gasteiger partial charge in [0, 0.05) is 5.69 Å². The van der Waals surface area contributed by atoms with Crippen molar-refractivity contribution in [3.05, 3.63) is 48.8 Å². The van der Waals surface area contributed by atoms with E-state index in [1.54, 1.807) is 13.4 Å². The second-order valence-corrected chi connectivity index (χ2v) is 5.78. The van der Waals surface area contributed by atoms with Gasteiger partial charge < -0.3 is 15.0 Å². The normalized spacial score (nSPS) is 11.0. The van der Waals surface area contributed by atoms with Gasteiger partial charge in [0.2, 0.25) is 5.91 Å². The minimum atomic E-state index is -0.0523. The molecule has 0 unspecified atom stereocenters. The van der Waals surface area contributed by atoms with Crippen LogP contribution in [-0.4, -0.2) is 48.1 Å². The van der Waals surface area contributed by atoms with E-state index in [-0.39, 0.29) is 5.91 Å². The molecular formula is C18H20N4O2. The van der Waals surface area contributed by atoms with E-state index < -0.39 is 0 Å². The number of rotatable bonds is 5. The van der Waals surface area contributed by atoms with E-state index in [9.17, 15) is 4.79 Å².